The Labute approximate surface area is 141 Å². The summed E-state index contributed by atoms with van der Waals surface area (Å²) in [4.78, 5) is 24.7. The van der Waals surface area contributed by atoms with Crippen LogP contribution in [0, 0.1) is 5.92 Å². The lowest BCUT2D eigenvalue weighted by molar-refractivity contribution is -0.124. The molecule has 5 heteroatoms. The van der Waals surface area contributed by atoms with Crippen LogP contribution in [-0.2, 0) is 4.79 Å². The highest BCUT2D eigenvalue weighted by atomic mass is 16.3. The predicted octanol–water partition coefficient (Wildman–Crippen LogP) is 2.98. The number of para-hydroxylation sites is 1. The highest BCUT2D eigenvalue weighted by Gasteiger charge is 2.26. The number of phenols is 1. The van der Waals surface area contributed by atoms with Crippen molar-refractivity contribution in [3.05, 3.63) is 65.7 Å². The maximum absolute atomic E-state index is 12.6. The van der Waals surface area contributed by atoms with E-state index in [9.17, 15) is 14.7 Å². The first kappa shape index (κ1) is 17.5. The van der Waals surface area contributed by atoms with Crippen LogP contribution in [0.15, 0.2) is 54.6 Å². The van der Waals surface area contributed by atoms with Gasteiger partial charge in [-0.2, -0.15) is 0 Å². The highest BCUT2D eigenvalue weighted by Crippen LogP contribution is 2.27. The van der Waals surface area contributed by atoms with Crippen molar-refractivity contribution in [3.8, 4) is 5.75 Å². The van der Waals surface area contributed by atoms with Gasteiger partial charge in [-0.05, 0) is 23.6 Å². The van der Waals surface area contributed by atoms with Crippen molar-refractivity contribution in [2.75, 3.05) is 0 Å². The number of hydrazine groups is 1. The van der Waals surface area contributed by atoms with E-state index >= 15 is 0 Å². The average Bonchev–Trinajstić information content (AvgIpc) is 2.61. The molecule has 0 saturated carbocycles. The van der Waals surface area contributed by atoms with Gasteiger partial charge in [0.1, 0.15) is 5.75 Å². The first-order chi connectivity index (χ1) is 11.5. The summed E-state index contributed by atoms with van der Waals surface area (Å²) in [5, 5.41) is 9.69. The number of amides is 2. The molecule has 2 amide bonds. The van der Waals surface area contributed by atoms with Crippen LogP contribution >= 0.6 is 0 Å². The van der Waals surface area contributed by atoms with Gasteiger partial charge in [-0.25, -0.2) is 0 Å². The second-order valence-electron chi connectivity index (χ2n) is 5.73. The first-order valence-electron chi connectivity index (χ1n) is 7.97. The van der Waals surface area contributed by atoms with Gasteiger partial charge in [0.15, 0.2) is 0 Å². The molecule has 5 nitrogen and oxygen atoms in total. The molecule has 0 fully saturated rings. The number of carbonyl (C=O) groups excluding carboxylic acids is 2. The molecule has 0 spiro atoms. The lowest BCUT2D eigenvalue weighted by atomic mass is 9.85. The number of hydrogen-bond acceptors (Lipinski definition) is 3. The second kappa shape index (κ2) is 8.15. The van der Waals surface area contributed by atoms with Crippen LogP contribution in [0.4, 0.5) is 0 Å². The molecule has 126 valence electrons. The van der Waals surface area contributed by atoms with Crippen molar-refractivity contribution in [2.45, 2.75) is 26.2 Å². The van der Waals surface area contributed by atoms with Crippen molar-refractivity contribution < 1.29 is 14.7 Å². The predicted molar refractivity (Wildman–Crippen MR) is 92.4 cm³/mol. The number of benzene rings is 2. The number of carbonyl (C=O) groups is 2. The largest absolute Gasteiger partial charge is 0.507 e. The van der Waals surface area contributed by atoms with Gasteiger partial charge in [0, 0.05) is 0 Å². The summed E-state index contributed by atoms with van der Waals surface area (Å²) in [7, 11) is 0. The zero-order chi connectivity index (χ0) is 17.5. The molecule has 0 aliphatic heterocycles. The zero-order valence-electron chi connectivity index (χ0n) is 13.8. The third kappa shape index (κ3) is 4.13. The minimum Gasteiger partial charge on any atom is -0.507 e. The summed E-state index contributed by atoms with van der Waals surface area (Å²) in [6, 6.07) is 15.7. The monoisotopic (exact) mass is 326 g/mol. The van der Waals surface area contributed by atoms with E-state index in [1.54, 1.807) is 12.1 Å². The Morgan fingerprint density at radius 2 is 1.62 bits per heavy atom. The van der Waals surface area contributed by atoms with Crippen LogP contribution < -0.4 is 10.9 Å². The maximum atomic E-state index is 12.6. The quantitative estimate of drug-likeness (QED) is 0.739. The normalized spacial score (nSPS) is 12.9. The molecule has 0 saturated heterocycles. The lowest BCUT2D eigenvalue weighted by Crippen LogP contribution is -2.45. The number of rotatable bonds is 5. The fraction of sp³-hybridized carbons (Fsp3) is 0.263. The van der Waals surface area contributed by atoms with E-state index in [0.29, 0.717) is 0 Å². The topological polar surface area (TPSA) is 78.4 Å². The molecule has 3 N–H and O–H groups in total. The molecule has 0 bridgehead atoms. The molecule has 2 rings (SSSR count). The van der Waals surface area contributed by atoms with Crippen molar-refractivity contribution >= 4 is 11.8 Å². The van der Waals surface area contributed by atoms with Gasteiger partial charge in [0.25, 0.3) is 5.91 Å². The molecule has 2 atom stereocenters. The summed E-state index contributed by atoms with van der Waals surface area (Å²) >= 11 is 0. The van der Waals surface area contributed by atoms with Gasteiger partial charge in [0.2, 0.25) is 5.91 Å². The van der Waals surface area contributed by atoms with Crippen molar-refractivity contribution in [1.29, 1.82) is 0 Å². The van der Waals surface area contributed by atoms with E-state index in [0.717, 1.165) is 12.0 Å². The number of hydrogen-bond donors (Lipinski definition) is 3. The van der Waals surface area contributed by atoms with E-state index in [4.69, 9.17) is 0 Å². The van der Waals surface area contributed by atoms with E-state index in [1.165, 1.54) is 12.1 Å². The zero-order valence-corrected chi connectivity index (χ0v) is 13.8. The summed E-state index contributed by atoms with van der Waals surface area (Å²) < 4.78 is 0. The van der Waals surface area contributed by atoms with E-state index in [2.05, 4.69) is 10.9 Å². The van der Waals surface area contributed by atoms with Crippen molar-refractivity contribution in [1.82, 2.24) is 10.9 Å². The minimum absolute atomic E-state index is 0.109. The molecular formula is C19H22N2O3. The molecule has 0 aliphatic carbocycles. The summed E-state index contributed by atoms with van der Waals surface area (Å²) in [6.45, 7) is 4.02. The van der Waals surface area contributed by atoms with Gasteiger partial charge in [0.05, 0.1) is 11.5 Å². The Bertz CT molecular complexity index is 701. The molecular weight excluding hydrogens is 304 g/mol. The number of aromatic hydroxyl groups is 1. The van der Waals surface area contributed by atoms with Crippen LogP contribution in [0.2, 0.25) is 0 Å². The third-order valence-corrected chi connectivity index (χ3v) is 4.10. The fourth-order valence-corrected chi connectivity index (χ4v) is 2.56. The van der Waals surface area contributed by atoms with Crippen LogP contribution in [0.25, 0.3) is 0 Å². The average molecular weight is 326 g/mol. The highest BCUT2D eigenvalue weighted by molar-refractivity contribution is 5.98. The Kier molecular flexibility index (Phi) is 5.95. The maximum Gasteiger partial charge on any atom is 0.273 e. The molecule has 0 aromatic heterocycles. The van der Waals surface area contributed by atoms with Crippen LogP contribution in [-0.4, -0.2) is 16.9 Å². The standard InChI is InChI=1S/C19H22N2O3/c1-3-13(2)17(14-9-5-4-6-10-14)19(24)21-20-18(23)15-11-7-8-12-16(15)22/h4-13,17,22H,3H2,1-2H3,(H,20,23)(H,21,24). The Balaban J connectivity index is 2.08. The minimum atomic E-state index is -0.558. The van der Waals surface area contributed by atoms with Gasteiger partial charge < -0.3 is 5.11 Å². The molecule has 0 heterocycles. The second-order valence-corrected chi connectivity index (χ2v) is 5.73. The SMILES string of the molecule is CCC(C)C(C(=O)NNC(=O)c1ccccc1O)c1ccccc1. The Morgan fingerprint density at radius 3 is 2.25 bits per heavy atom. The molecule has 2 unspecified atom stereocenters. The summed E-state index contributed by atoms with van der Waals surface area (Å²) in [5.74, 6) is -1.21. The summed E-state index contributed by atoms with van der Waals surface area (Å²) in [5.41, 5.74) is 5.86. The molecule has 0 radical (unpaired) electrons. The van der Waals surface area contributed by atoms with E-state index in [-0.39, 0.29) is 29.1 Å². The smallest absolute Gasteiger partial charge is 0.273 e. The van der Waals surface area contributed by atoms with Crippen LogP contribution in [0.3, 0.4) is 0 Å². The van der Waals surface area contributed by atoms with Crippen molar-refractivity contribution in [3.63, 3.8) is 0 Å². The van der Waals surface area contributed by atoms with Crippen LogP contribution in [0.1, 0.15) is 42.1 Å². The van der Waals surface area contributed by atoms with Gasteiger partial charge in [-0.3, -0.25) is 20.4 Å². The fourth-order valence-electron chi connectivity index (χ4n) is 2.56. The number of nitrogens with one attached hydrogen (secondary N) is 2. The number of phenolic OH excluding ortho intramolecular Hbond substituents is 1. The van der Waals surface area contributed by atoms with Gasteiger partial charge in [-0.15, -0.1) is 0 Å². The molecule has 2 aromatic carbocycles. The van der Waals surface area contributed by atoms with Gasteiger partial charge >= 0.3 is 0 Å². The van der Waals surface area contributed by atoms with Gasteiger partial charge in [-0.1, -0.05) is 62.7 Å². The van der Waals surface area contributed by atoms with Crippen LogP contribution in [0.5, 0.6) is 5.75 Å². The lowest BCUT2D eigenvalue weighted by Gasteiger charge is -2.23. The first-order valence-corrected chi connectivity index (χ1v) is 7.97. The van der Waals surface area contributed by atoms with Crippen molar-refractivity contribution in [2.24, 2.45) is 5.92 Å². The Morgan fingerprint density at radius 1 is 1.00 bits per heavy atom. The molecule has 2 aromatic rings. The Hall–Kier alpha value is -2.82. The third-order valence-electron chi connectivity index (χ3n) is 4.10. The van der Waals surface area contributed by atoms with E-state index < -0.39 is 5.91 Å². The van der Waals surface area contributed by atoms with E-state index in [1.807, 2.05) is 44.2 Å². The molecule has 24 heavy (non-hydrogen) atoms. The molecule has 0 aliphatic rings. The summed E-state index contributed by atoms with van der Waals surface area (Å²) in [6.07, 6.45) is 0.834.